The van der Waals surface area contributed by atoms with Gasteiger partial charge < -0.3 is 16.4 Å². The first-order chi connectivity index (χ1) is 6.27. The van der Waals surface area contributed by atoms with Crippen molar-refractivity contribution in [3.63, 3.8) is 0 Å². The van der Waals surface area contributed by atoms with Gasteiger partial charge in [-0.05, 0) is 32.4 Å². The van der Waals surface area contributed by atoms with Crippen LogP contribution in [-0.2, 0) is 4.79 Å². The van der Waals surface area contributed by atoms with Crippen molar-refractivity contribution < 1.29 is 4.79 Å². The highest BCUT2D eigenvalue weighted by Crippen LogP contribution is 2.20. The van der Waals surface area contributed by atoms with E-state index in [0.29, 0.717) is 0 Å². The molecule has 0 spiro atoms. The highest BCUT2D eigenvalue weighted by molar-refractivity contribution is 5.79. The Kier molecular flexibility index (Phi) is 2.51. The van der Waals surface area contributed by atoms with Crippen LogP contribution >= 0.6 is 0 Å². The van der Waals surface area contributed by atoms with Crippen molar-refractivity contribution in [2.45, 2.75) is 31.3 Å². The summed E-state index contributed by atoms with van der Waals surface area (Å²) in [7, 11) is 0. The van der Waals surface area contributed by atoms with Crippen LogP contribution in [0.15, 0.2) is 0 Å². The minimum absolute atomic E-state index is 0.208. The molecule has 0 aromatic carbocycles. The zero-order chi connectivity index (χ0) is 9.26. The molecule has 2 rings (SSSR count). The number of hydrogen-bond donors (Lipinski definition) is 3. The number of nitrogens with two attached hydrogens (primary N) is 1. The molecule has 2 atom stereocenters. The normalized spacial score (nSPS) is 34.2. The predicted octanol–water partition coefficient (Wildman–Crippen LogP) is -0.798. The summed E-state index contributed by atoms with van der Waals surface area (Å²) in [6, 6.07) is 0.480. The molecule has 1 aliphatic carbocycles. The van der Waals surface area contributed by atoms with Crippen molar-refractivity contribution >= 4 is 5.91 Å². The fraction of sp³-hybridized carbons (Fsp3) is 0.889. The molecule has 1 amide bonds. The molecule has 1 heterocycles. The van der Waals surface area contributed by atoms with E-state index in [1.807, 2.05) is 0 Å². The van der Waals surface area contributed by atoms with Gasteiger partial charge in [0.15, 0.2) is 0 Å². The number of hydrogen-bond acceptors (Lipinski definition) is 3. The summed E-state index contributed by atoms with van der Waals surface area (Å²) in [6.07, 6.45) is 2.89. The third-order valence-corrected chi connectivity index (χ3v) is 2.88. The van der Waals surface area contributed by atoms with Gasteiger partial charge in [-0.3, -0.25) is 4.79 Å². The summed E-state index contributed by atoms with van der Waals surface area (Å²) < 4.78 is 0. The van der Waals surface area contributed by atoms with Crippen LogP contribution < -0.4 is 16.4 Å². The van der Waals surface area contributed by atoms with Gasteiger partial charge in [-0.25, -0.2) is 0 Å². The Hall–Kier alpha value is -0.610. The molecule has 1 saturated carbocycles. The Bertz CT molecular complexity index is 201. The van der Waals surface area contributed by atoms with Gasteiger partial charge >= 0.3 is 0 Å². The van der Waals surface area contributed by atoms with Crippen LogP contribution in [0, 0.1) is 5.92 Å². The Balaban J connectivity index is 1.75. The summed E-state index contributed by atoms with van der Waals surface area (Å²) in [5, 5.41) is 6.22. The quantitative estimate of drug-likeness (QED) is 0.525. The Morgan fingerprint density at radius 1 is 1.38 bits per heavy atom. The molecular formula is C9H17N3O. The SMILES string of the molecule is NC1CC1NC(=O)C1CCNCC1. The maximum atomic E-state index is 11.6. The molecule has 4 heteroatoms. The van der Waals surface area contributed by atoms with Crippen LogP contribution in [0.1, 0.15) is 19.3 Å². The first-order valence-corrected chi connectivity index (χ1v) is 5.04. The largest absolute Gasteiger partial charge is 0.352 e. The standard InChI is InChI=1S/C9H17N3O/c10-7-5-8(7)12-9(13)6-1-3-11-4-2-6/h6-8,11H,1-5,10H2,(H,12,13). The zero-order valence-corrected chi connectivity index (χ0v) is 7.75. The van der Waals surface area contributed by atoms with E-state index in [1.54, 1.807) is 0 Å². The number of amides is 1. The minimum atomic E-state index is 0.208. The van der Waals surface area contributed by atoms with Gasteiger partial charge in [0.25, 0.3) is 0 Å². The van der Waals surface area contributed by atoms with E-state index in [9.17, 15) is 4.79 Å². The summed E-state index contributed by atoms with van der Waals surface area (Å²) in [5.74, 6) is 0.425. The van der Waals surface area contributed by atoms with Gasteiger partial charge in [-0.15, -0.1) is 0 Å². The van der Waals surface area contributed by atoms with Crippen LogP contribution in [0.2, 0.25) is 0 Å². The van der Waals surface area contributed by atoms with Crippen molar-refractivity contribution in [2.75, 3.05) is 13.1 Å². The van der Waals surface area contributed by atoms with Crippen molar-refractivity contribution in [1.29, 1.82) is 0 Å². The molecule has 0 bridgehead atoms. The van der Waals surface area contributed by atoms with Crippen molar-refractivity contribution in [1.82, 2.24) is 10.6 Å². The van der Waals surface area contributed by atoms with Gasteiger partial charge in [0.05, 0.1) is 0 Å². The summed E-state index contributed by atoms with van der Waals surface area (Å²) in [6.45, 7) is 1.93. The second-order valence-corrected chi connectivity index (χ2v) is 4.04. The molecule has 4 nitrogen and oxygen atoms in total. The van der Waals surface area contributed by atoms with Crippen LogP contribution in [0.25, 0.3) is 0 Å². The molecule has 1 aliphatic heterocycles. The average Bonchev–Trinajstić information content (AvgIpc) is 2.83. The minimum Gasteiger partial charge on any atom is -0.352 e. The van der Waals surface area contributed by atoms with E-state index in [1.165, 1.54) is 0 Å². The molecule has 0 aromatic rings. The van der Waals surface area contributed by atoms with E-state index >= 15 is 0 Å². The maximum absolute atomic E-state index is 11.6. The Morgan fingerprint density at radius 2 is 2.00 bits per heavy atom. The molecule has 4 N–H and O–H groups in total. The van der Waals surface area contributed by atoms with E-state index < -0.39 is 0 Å². The average molecular weight is 183 g/mol. The van der Waals surface area contributed by atoms with Crippen LogP contribution in [-0.4, -0.2) is 31.1 Å². The molecule has 74 valence electrons. The topological polar surface area (TPSA) is 67.1 Å². The van der Waals surface area contributed by atoms with E-state index in [4.69, 9.17) is 5.73 Å². The molecule has 0 radical (unpaired) electrons. The second kappa shape index (κ2) is 3.64. The van der Waals surface area contributed by atoms with Crippen LogP contribution in [0.5, 0.6) is 0 Å². The predicted molar refractivity (Wildman–Crippen MR) is 50.1 cm³/mol. The Labute approximate surface area is 78.2 Å². The highest BCUT2D eigenvalue weighted by Gasteiger charge is 2.36. The van der Waals surface area contributed by atoms with E-state index in [0.717, 1.165) is 32.4 Å². The molecule has 0 aromatic heterocycles. The molecular weight excluding hydrogens is 166 g/mol. The van der Waals surface area contributed by atoms with Gasteiger partial charge in [0.2, 0.25) is 5.91 Å². The second-order valence-electron chi connectivity index (χ2n) is 4.04. The molecule has 1 saturated heterocycles. The third kappa shape index (κ3) is 2.19. The first-order valence-electron chi connectivity index (χ1n) is 5.04. The number of carbonyl (C=O) groups excluding carboxylic acids is 1. The van der Waals surface area contributed by atoms with Crippen LogP contribution in [0.4, 0.5) is 0 Å². The van der Waals surface area contributed by atoms with Gasteiger partial charge in [0.1, 0.15) is 0 Å². The van der Waals surface area contributed by atoms with Gasteiger partial charge in [0, 0.05) is 18.0 Å². The number of carbonyl (C=O) groups is 1. The van der Waals surface area contributed by atoms with Crippen molar-refractivity contribution in [3.05, 3.63) is 0 Å². The number of piperidine rings is 1. The summed E-state index contributed by atoms with van der Waals surface area (Å²) in [5.41, 5.74) is 5.62. The van der Waals surface area contributed by atoms with Crippen molar-refractivity contribution in [3.8, 4) is 0 Å². The lowest BCUT2D eigenvalue weighted by molar-refractivity contribution is -0.125. The van der Waals surface area contributed by atoms with Crippen LogP contribution in [0.3, 0.4) is 0 Å². The lowest BCUT2D eigenvalue weighted by Crippen LogP contribution is -2.40. The molecule has 2 unspecified atom stereocenters. The summed E-state index contributed by atoms with van der Waals surface area (Å²) >= 11 is 0. The fourth-order valence-electron chi connectivity index (χ4n) is 1.77. The fourth-order valence-corrected chi connectivity index (χ4v) is 1.77. The highest BCUT2D eigenvalue weighted by atomic mass is 16.2. The van der Waals surface area contributed by atoms with Gasteiger partial charge in [-0.1, -0.05) is 0 Å². The lowest BCUT2D eigenvalue weighted by atomic mass is 9.97. The van der Waals surface area contributed by atoms with E-state index in [2.05, 4.69) is 10.6 Å². The number of rotatable bonds is 2. The molecule has 2 fully saturated rings. The monoisotopic (exact) mass is 183 g/mol. The maximum Gasteiger partial charge on any atom is 0.223 e. The Morgan fingerprint density at radius 3 is 2.54 bits per heavy atom. The number of nitrogens with one attached hydrogen (secondary N) is 2. The summed E-state index contributed by atoms with van der Waals surface area (Å²) in [4.78, 5) is 11.6. The molecule has 2 aliphatic rings. The third-order valence-electron chi connectivity index (χ3n) is 2.88. The van der Waals surface area contributed by atoms with E-state index in [-0.39, 0.29) is 23.9 Å². The molecule has 13 heavy (non-hydrogen) atoms. The first kappa shape index (κ1) is 8.97. The van der Waals surface area contributed by atoms with Crippen molar-refractivity contribution in [2.24, 2.45) is 11.7 Å². The smallest absolute Gasteiger partial charge is 0.223 e. The zero-order valence-electron chi connectivity index (χ0n) is 7.75. The van der Waals surface area contributed by atoms with Gasteiger partial charge in [-0.2, -0.15) is 0 Å². The lowest BCUT2D eigenvalue weighted by Gasteiger charge is -2.21.